The summed E-state index contributed by atoms with van der Waals surface area (Å²) in [5.41, 5.74) is 0. The number of hydrogen-bond donors (Lipinski definition) is 0. The molecule has 0 amide bonds. The predicted octanol–water partition coefficient (Wildman–Crippen LogP) is 1.98. The minimum absolute atomic E-state index is 0.358. The lowest BCUT2D eigenvalue weighted by Gasteiger charge is -1.97. The van der Waals surface area contributed by atoms with Crippen molar-refractivity contribution in [3.05, 3.63) is 24.0 Å². The summed E-state index contributed by atoms with van der Waals surface area (Å²) in [7, 11) is 1.42. The van der Waals surface area contributed by atoms with Crippen LogP contribution in [-0.2, 0) is 5.11 Å². The average molecular weight is 141 g/mol. The third-order valence-corrected chi connectivity index (χ3v) is 1.14. The molecule has 0 atom stereocenters. The molecule has 0 N–H and O–H groups in total. The van der Waals surface area contributed by atoms with Gasteiger partial charge in [0.1, 0.15) is 5.75 Å². The summed E-state index contributed by atoms with van der Waals surface area (Å²) in [5.74, 6) is -1.03. The molecule has 1 rings (SSSR count). The predicted molar refractivity (Wildman–Crippen MR) is 33.1 cm³/mol. The van der Waals surface area contributed by atoms with Crippen molar-refractivity contribution in [3.8, 4) is 11.5 Å². The first-order valence-corrected chi connectivity index (χ1v) is 2.74. The van der Waals surface area contributed by atoms with E-state index in [1.807, 2.05) is 0 Å². The topological polar surface area (TPSA) is 29.1 Å². The summed E-state index contributed by atoms with van der Waals surface area (Å²) in [5, 5.41) is 10.5. The fourth-order valence-corrected chi connectivity index (χ4v) is 0.609. The minimum atomic E-state index is -0.778. The number of hydrogen-bond acceptors (Lipinski definition) is 1. The Morgan fingerprint density at radius 1 is 1.50 bits per heavy atom. The van der Waals surface area contributed by atoms with E-state index in [0.29, 0.717) is 5.75 Å². The van der Waals surface area contributed by atoms with E-state index in [4.69, 9.17) is 0 Å². The molecule has 53 valence electrons. The number of ether oxygens (including phenoxy) is 1. The van der Waals surface area contributed by atoms with Crippen LogP contribution in [0.15, 0.2) is 18.2 Å². The highest BCUT2D eigenvalue weighted by molar-refractivity contribution is 5.31. The first-order chi connectivity index (χ1) is 4.74. The van der Waals surface area contributed by atoms with Crippen molar-refractivity contribution in [2.75, 3.05) is 7.11 Å². The summed E-state index contributed by atoms with van der Waals surface area (Å²) in [6, 6.07) is 3.61. The number of benzene rings is 1. The van der Waals surface area contributed by atoms with Crippen LogP contribution >= 0.6 is 0 Å². The molecule has 1 radical (unpaired) electrons. The number of halogens is 1. The van der Waals surface area contributed by atoms with E-state index in [1.54, 1.807) is 0 Å². The van der Waals surface area contributed by atoms with Crippen LogP contribution in [0.2, 0.25) is 0 Å². The molecular weight excluding hydrogens is 135 g/mol. The number of methoxy groups -OCH3 is 1. The molecule has 0 aromatic heterocycles. The van der Waals surface area contributed by atoms with Crippen LogP contribution < -0.4 is 4.74 Å². The van der Waals surface area contributed by atoms with E-state index in [2.05, 4.69) is 4.74 Å². The van der Waals surface area contributed by atoms with Gasteiger partial charge in [-0.25, -0.2) is 4.39 Å². The van der Waals surface area contributed by atoms with Gasteiger partial charge in [-0.3, -0.25) is 5.11 Å². The van der Waals surface area contributed by atoms with Gasteiger partial charge in [0.15, 0.2) is 5.82 Å². The molecule has 2 nitrogen and oxygen atoms in total. The van der Waals surface area contributed by atoms with Crippen molar-refractivity contribution >= 4 is 0 Å². The van der Waals surface area contributed by atoms with Gasteiger partial charge in [0.2, 0.25) is 5.75 Å². The number of rotatable bonds is 1. The highest BCUT2D eigenvalue weighted by Crippen LogP contribution is 2.20. The molecule has 0 saturated carbocycles. The van der Waals surface area contributed by atoms with Crippen molar-refractivity contribution in [3.63, 3.8) is 0 Å². The average Bonchev–Trinajstić information content (AvgIpc) is 1.95. The summed E-state index contributed by atoms with van der Waals surface area (Å²) < 4.78 is 17.0. The summed E-state index contributed by atoms with van der Waals surface area (Å²) in [6.45, 7) is 0. The Morgan fingerprint density at radius 2 is 2.20 bits per heavy atom. The lowest BCUT2D eigenvalue weighted by Crippen LogP contribution is -1.82. The molecule has 0 saturated heterocycles. The molecule has 0 bridgehead atoms. The zero-order valence-electron chi connectivity index (χ0n) is 5.43. The monoisotopic (exact) mass is 141 g/mol. The third kappa shape index (κ3) is 1.18. The van der Waals surface area contributed by atoms with E-state index in [9.17, 15) is 9.50 Å². The van der Waals surface area contributed by atoms with Crippen LogP contribution in [0.5, 0.6) is 11.5 Å². The van der Waals surface area contributed by atoms with Gasteiger partial charge in [0.25, 0.3) is 0 Å². The van der Waals surface area contributed by atoms with Crippen LogP contribution in [0.4, 0.5) is 4.39 Å². The fraction of sp³-hybridized carbons (Fsp3) is 0.143. The lowest BCUT2D eigenvalue weighted by molar-refractivity contribution is 0.326. The maximum absolute atomic E-state index is 12.4. The fourth-order valence-electron chi connectivity index (χ4n) is 0.609. The van der Waals surface area contributed by atoms with Crippen molar-refractivity contribution in [1.29, 1.82) is 0 Å². The lowest BCUT2D eigenvalue weighted by atomic mass is 10.3. The molecule has 0 unspecified atom stereocenters. The molecule has 10 heavy (non-hydrogen) atoms. The van der Waals surface area contributed by atoms with Gasteiger partial charge in [-0.2, -0.15) is 0 Å². The van der Waals surface area contributed by atoms with Crippen LogP contribution in [0.25, 0.3) is 0 Å². The van der Waals surface area contributed by atoms with Crippen LogP contribution in [0.3, 0.4) is 0 Å². The normalized spacial score (nSPS) is 9.40. The second-order valence-corrected chi connectivity index (χ2v) is 1.80. The minimum Gasteiger partial charge on any atom is -0.497 e. The summed E-state index contributed by atoms with van der Waals surface area (Å²) in [4.78, 5) is 0. The van der Waals surface area contributed by atoms with Gasteiger partial charge in [0, 0.05) is 6.07 Å². The van der Waals surface area contributed by atoms with Crippen molar-refractivity contribution in [1.82, 2.24) is 0 Å². The van der Waals surface area contributed by atoms with E-state index in [1.165, 1.54) is 13.2 Å². The smallest absolute Gasteiger partial charge is 0.214 e. The second kappa shape index (κ2) is 2.56. The van der Waals surface area contributed by atoms with E-state index >= 15 is 0 Å². The molecule has 0 aliphatic rings. The molecule has 0 fully saturated rings. The highest BCUT2D eigenvalue weighted by atomic mass is 19.1. The van der Waals surface area contributed by atoms with Crippen molar-refractivity contribution < 1.29 is 14.2 Å². The maximum atomic E-state index is 12.4. The molecule has 1 aromatic carbocycles. The SMILES string of the molecule is COc1ccc([O])c(F)c1. The quantitative estimate of drug-likeness (QED) is 0.587. The molecule has 0 aliphatic carbocycles. The molecule has 0 spiro atoms. The Bertz CT molecular complexity index is 235. The Kier molecular flexibility index (Phi) is 1.76. The van der Waals surface area contributed by atoms with Gasteiger partial charge >= 0.3 is 0 Å². The zero-order chi connectivity index (χ0) is 7.56. The Balaban J connectivity index is 3.04. The highest BCUT2D eigenvalue weighted by Gasteiger charge is 2.01. The summed E-state index contributed by atoms with van der Waals surface area (Å²) >= 11 is 0. The summed E-state index contributed by atoms with van der Waals surface area (Å²) in [6.07, 6.45) is 0. The van der Waals surface area contributed by atoms with E-state index in [-0.39, 0.29) is 0 Å². The Labute approximate surface area is 57.9 Å². The van der Waals surface area contributed by atoms with E-state index < -0.39 is 11.6 Å². The molecule has 0 heterocycles. The Hall–Kier alpha value is -1.25. The largest absolute Gasteiger partial charge is 0.497 e. The maximum Gasteiger partial charge on any atom is 0.214 e. The van der Waals surface area contributed by atoms with Crippen LogP contribution in [-0.4, -0.2) is 7.11 Å². The van der Waals surface area contributed by atoms with Crippen molar-refractivity contribution in [2.45, 2.75) is 0 Å². The Morgan fingerprint density at radius 3 is 2.70 bits per heavy atom. The van der Waals surface area contributed by atoms with Gasteiger partial charge in [-0.1, -0.05) is 0 Å². The third-order valence-electron chi connectivity index (χ3n) is 1.14. The molecule has 3 heteroatoms. The zero-order valence-corrected chi connectivity index (χ0v) is 5.43. The molecule has 0 aliphatic heterocycles. The second-order valence-electron chi connectivity index (χ2n) is 1.80. The standard InChI is InChI=1S/C7H6FO2/c1-10-5-2-3-7(9)6(8)4-5/h2-4H,1H3. The van der Waals surface area contributed by atoms with Crippen LogP contribution in [0.1, 0.15) is 0 Å². The molecular formula is C7H6FO2. The first kappa shape index (κ1) is 6.86. The van der Waals surface area contributed by atoms with Gasteiger partial charge in [0.05, 0.1) is 7.11 Å². The van der Waals surface area contributed by atoms with Gasteiger partial charge < -0.3 is 4.74 Å². The van der Waals surface area contributed by atoms with Gasteiger partial charge in [-0.05, 0) is 12.1 Å². The van der Waals surface area contributed by atoms with Crippen LogP contribution in [0, 0.1) is 5.82 Å². The van der Waals surface area contributed by atoms with E-state index in [0.717, 1.165) is 12.1 Å². The molecule has 1 aromatic rings. The van der Waals surface area contributed by atoms with Crippen molar-refractivity contribution in [2.24, 2.45) is 0 Å². The van der Waals surface area contributed by atoms with Gasteiger partial charge in [-0.15, -0.1) is 0 Å². The first-order valence-electron chi connectivity index (χ1n) is 2.74.